The molecule has 5 rings (SSSR count). The Morgan fingerprint density at radius 3 is 2.83 bits per heavy atom. The molecular weight excluding hydrogens is 386 g/mol. The number of nitrogens with one attached hydrogen (secondary N) is 1. The van der Waals surface area contributed by atoms with Gasteiger partial charge in [0, 0.05) is 46.1 Å². The van der Waals surface area contributed by atoms with E-state index in [1.54, 1.807) is 0 Å². The topological polar surface area (TPSA) is 77.3 Å². The summed E-state index contributed by atoms with van der Waals surface area (Å²) in [6, 6.07) is 15.8. The van der Waals surface area contributed by atoms with Gasteiger partial charge >= 0.3 is 0 Å². The Hall–Kier alpha value is -2.77. The van der Waals surface area contributed by atoms with Crippen LogP contribution in [-0.4, -0.2) is 32.6 Å². The number of aromatic nitrogens is 2. The molecule has 7 heteroatoms. The van der Waals surface area contributed by atoms with E-state index >= 15 is 0 Å². The summed E-state index contributed by atoms with van der Waals surface area (Å²) < 4.78 is 24.1. The lowest BCUT2D eigenvalue weighted by atomic mass is 10.2. The first kappa shape index (κ1) is 18.3. The van der Waals surface area contributed by atoms with Gasteiger partial charge in [-0.15, -0.1) is 0 Å². The van der Waals surface area contributed by atoms with E-state index in [0.29, 0.717) is 30.4 Å². The van der Waals surface area contributed by atoms with Gasteiger partial charge in [0.1, 0.15) is 17.4 Å². The van der Waals surface area contributed by atoms with Crippen LogP contribution in [0.5, 0.6) is 0 Å². The summed E-state index contributed by atoms with van der Waals surface area (Å²) >= 11 is 0. The van der Waals surface area contributed by atoms with Crippen LogP contribution in [0.25, 0.3) is 22.1 Å². The number of hydrogen-bond donors (Lipinski definition) is 1. The Labute approximate surface area is 170 Å². The molecule has 148 valence electrons. The second kappa shape index (κ2) is 7.93. The Kier molecular flexibility index (Phi) is 4.99. The van der Waals surface area contributed by atoms with Gasteiger partial charge in [-0.05, 0) is 42.7 Å². The molecule has 0 amide bonds. The molecule has 2 aromatic carbocycles. The third kappa shape index (κ3) is 3.75. The minimum absolute atomic E-state index is 0.220. The minimum Gasteiger partial charge on any atom is -0.450 e. The fourth-order valence-corrected chi connectivity index (χ4v) is 5.17. The van der Waals surface area contributed by atoms with Crippen molar-refractivity contribution in [3.8, 4) is 0 Å². The molecule has 6 nitrogen and oxygen atoms in total. The van der Waals surface area contributed by atoms with Gasteiger partial charge in [0.05, 0.1) is 0 Å². The molecule has 4 aromatic rings. The summed E-state index contributed by atoms with van der Waals surface area (Å²) in [6.45, 7) is 1.42. The molecule has 1 unspecified atom stereocenters. The smallest absolute Gasteiger partial charge is 0.196 e. The molecular formula is C22H21N3O3S. The fraction of sp³-hybridized carbons (Fsp3) is 0.273. The Morgan fingerprint density at radius 1 is 1.07 bits per heavy atom. The third-order valence-corrected chi connectivity index (χ3v) is 7.03. The molecule has 0 bridgehead atoms. The van der Waals surface area contributed by atoms with Crippen LogP contribution in [0.15, 0.2) is 59.3 Å². The summed E-state index contributed by atoms with van der Waals surface area (Å²) in [6.07, 6.45) is 3.28. The van der Waals surface area contributed by atoms with Crippen LogP contribution in [0, 0.1) is 0 Å². The van der Waals surface area contributed by atoms with Crippen molar-refractivity contribution in [2.45, 2.75) is 23.8 Å². The van der Waals surface area contributed by atoms with Crippen molar-refractivity contribution >= 4 is 44.4 Å². The number of fused-ring (bicyclic) bond motifs is 3. The maximum atomic E-state index is 12.7. The summed E-state index contributed by atoms with van der Waals surface area (Å²) in [5, 5.41) is 4.52. The molecule has 0 saturated carbocycles. The summed E-state index contributed by atoms with van der Waals surface area (Å²) in [5.41, 5.74) is 4.12. The second-order valence-electron chi connectivity index (χ2n) is 7.16. The van der Waals surface area contributed by atoms with E-state index in [2.05, 4.69) is 15.3 Å². The Morgan fingerprint density at radius 2 is 1.93 bits per heavy atom. The lowest BCUT2D eigenvalue weighted by molar-refractivity contribution is 0.0992. The van der Waals surface area contributed by atoms with Crippen LogP contribution in [0.4, 0.5) is 11.5 Å². The van der Waals surface area contributed by atoms with Gasteiger partial charge in [0.2, 0.25) is 0 Å². The number of para-hydroxylation sites is 1. The van der Waals surface area contributed by atoms with E-state index in [0.717, 1.165) is 40.6 Å². The monoisotopic (exact) mass is 407 g/mol. The first-order valence-corrected chi connectivity index (χ1v) is 11.1. The third-order valence-electron chi connectivity index (χ3n) is 5.20. The molecule has 0 aliphatic carbocycles. The molecule has 29 heavy (non-hydrogen) atoms. The van der Waals surface area contributed by atoms with Crippen molar-refractivity contribution in [1.29, 1.82) is 0 Å². The quantitative estimate of drug-likeness (QED) is 0.523. The summed E-state index contributed by atoms with van der Waals surface area (Å²) in [7, 11) is -0.897. The molecule has 2 aromatic heterocycles. The maximum Gasteiger partial charge on any atom is 0.196 e. The van der Waals surface area contributed by atoms with E-state index in [1.807, 2.05) is 48.5 Å². The van der Waals surface area contributed by atoms with Gasteiger partial charge in [-0.1, -0.05) is 24.3 Å². The van der Waals surface area contributed by atoms with Gasteiger partial charge in [0.25, 0.3) is 0 Å². The highest BCUT2D eigenvalue weighted by molar-refractivity contribution is 7.84. The zero-order valence-electron chi connectivity index (χ0n) is 15.8. The molecule has 1 saturated heterocycles. The number of ether oxygens (including phenoxy) is 1. The zero-order valence-corrected chi connectivity index (χ0v) is 16.7. The van der Waals surface area contributed by atoms with Gasteiger partial charge < -0.3 is 14.5 Å². The normalized spacial score (nSPS) is 16.3. The van der Waals surface area contributed by atoms with Gasteiger partial charge in [-0.2, -0.15) is 0 Å². The average Bonchev–Trinajstić information content (AvgIpc) is 3.15. The number of rotatable bonds is 5. The lowest BCUT2D eigenvalue weighted by Gasteiger charge is -2.21. The van der Waals surface area contributed by atoms with Crippen LogP contribution in [0.3, 0.4) is 0 Å². The van der Waals surface area contributed by atoms with Crippen molar-refractivity contribution in [2.24, 2.45) is 0 Å². The summed E-state index contributed by atoms with van der Waals surface area (Å²) in [5.74, 6) is 1.16. The van der Waals surface area contributed by atoms with Crippen LogP contribution in [0.2, 0.25) is 0 Å². The molecule has 1 aliphatic rings. The van der Waals surface area contributed by atoms with Crippen molar-refractivity contribution in [3.63, 3.8) is 0 Å². The number of nitrogens with zero attached hydrogens (tertiary/aromatic N) is 2. The van der Waals surface area contributed by atoms with Crippen LogP contribution in [0.1, 0.15) is 18.4 Å². The minimum atomic E-state index is -0.897. The number of furan rings is 1. The van der Waals surface area contributed by atoms with Crippen LogP contribution >= 0.6 is 0 Å². The highest BCUT2D eigenvalue weighted by Gasteiger charge is 2.20. The molecule has 1 aliphatic heterocycles. The Balaban J connectivity index is 1.40. The van der Waals surface area contributed by atoms with Crippen LogP contribution < -0.4 is 5.32 Å². The highest BCUT2D eigenvalue weighted by Crippen LogP contribution is 2.31. The lowest BCUT2D eigenvalue weighted by Crippen LogP contribution is -2.25. The number of anilines is 2. The van der Waals surface area contributed by atoms with Crippen molar-refractivity contribution in [3.05, 3.63) is 60.4 Å². The predicted molar refractivity (Wildman–Crippen MR) is 115 cm³/mol. The van der Waals surface area contributed by atoms with Crippen molar-refractivity contribution < 1.29 is 13.4 Å². The largest absolute Gasteiger partial charge is 0.450 e. The van der Waals surface area contributed by atoms with Crippen molar-refractivity contribution in [2.75, 3.05) is 18.5 Å². The van der Waals surface area contributed by atoms with Gasteiger partial charge in [-0.25, -0.2) is 9.97 Å². The molecule has 1 fully saturated rings. The van der Waals surface area contributed by atoms with Crippen molar-refractivity contribution in [1.82, 2.24) is 9.97 Å². The van der Waals surface area contributed by atoms with Gasteiger partial charge in [-0.3, -0.25) is 4.21 Å². The Bertz CT molecular complexity index is 1180. The molecule has 0 spiro atoms. The van der Waals surface area contributed by atoms with E-state index in [-0.39, 0.29) is 5.25 Å². The van der Waals surface area contributed by atoms with E-state index < -0.39 is 10.8 Å². The molecule has 0 radical (unpaired) electrons. The maximum absolute atomic E-state index is 12.7. The number of hydrogen-bond acceptors (Lipinski definition) is 6. The summed E-state index contributed by atoms with van der Waals surface area (Å²) in [4.78, 5) is 8.76. The highest BCUT2D eigenvalue weighted by atomic mass is 32.2. The SMILES string of the molecule is O=S(Cc1cccc(Nc2ncnc3c2oc2ccccc23)c1)C1CCOCC1. The van der Waals surface area contributed by atoms with Crippen LogP contribution in [-0.2, 0) is 21.3 Å². The molecule has 1 atom stereocenters. The fourth-order valence-electron chi connectivity index (χ4n) is 3.71. The molecule has 1 N–H and O–H groups in total. The van der Waals surface area contributed by atoms with Gasteiger partial charge in [0.15, 0.2) is 11.4 Å². The predicted octanol–water partition coefficient (Wildman–Crippen LogP) is 4.55. The number of benzene rings is 2. The average molecular weight is 407 g/mol. The first-order valence-electron chi connectivity index (χ1n) is 9.71. The zero-order chi connectivity index (χ0) is 19.6. The van der Waals surface area contributed by atoms with E-state index in [1.165, 1.54) is 6.33 Å². The van der Waals surface area contributed by atoms with E-state index in [9.17, 15) is 4.21 Å². The molecule has 3 heterocycles. The standard InChI is InChI=1S/C22H21N3O3S/c26-29(17-8-10-27-11-9-17)13-15-4-3-5-16(12-15)25-22-21-20(23-14-24-22)18-6-1-2-7-19(18)28-21/h1-7,12,14,17H,8-11,13H2,(H,23,24,25). The van der Waals surface area contributed by atoms with E-state index in [4.69, 9.17) is 9.15 Å². The second-order valence-corrected chi connectivity index (χ2v) is 8.88. The first-order chi connectivity index (χ1) is 14.3.